The Balaban J connectivity index is 2.04. The molecule has 2 unspecified atom stereocenters. The molecule has 92 valence electrons. The normalized spacial score (nSPS) is 26.5. The Labute approximate surface area is 103 Å². The second-order valence-corrected chi connectivity index (χ2v) is 5.26. The minimum atomic E-state index is -0.438. The number of carbonyl (C=O) groups excluding carboxylic acids is 1. The SMILES string of the molecule is CC1CCCC(C(=O)[C@H](N)c2ccccc2)C1. The van der Waals surface area contributed by atoms with Gasteiger partial charge in [0.05, 0.1) is 6.04 Å². The van der Waals surface area contributed by atoms with E-state index in [1.165, 1.54) is 12.8 Å². The Morgan fingerprint density at radius 1 is 1.29 bits per heavy atom. The molecule has 1 aliphatic rings. The molecule has 0 aromatic heterocycles. The maximum atomic E-state index is 12.3. The van der Waals surface area contributed by atoms with Gasteiger partial charge in [0, 0.05) is 5.92 Å². The first-order valence-corrected chi connectivity index (χ1v) is 6.52. The fourth-order valence-corrected chi connectivity index (χ4v) is 2.77. The fraction of sp³-hybridized carbons (Fsp3) is 0.533. The maximum absolute atomic E-state index is 12.3. The lowest BCUT2D eigenvalue weighted by molar-refractivity contribution is -0.125. The van der Waals surface area contributed by atoms with Gasteiger partial charge in [-0.3, -0.25) is 4.79 Å². The number of benzene rings is 1. The molecule has 2 heteroatoms. The van der Waals surface area contributed by atoms with Gasteiger partial charge in [-0.15, -0.1) is 0 Å². The van der Waals surface area contributed by atoms with Gasteiger partial charge in [-0.05, 0) is 24.3 Å². The van der Waals surface area contributed by atoms with E-state index in [-0.39, 0.29) is 11.7 Å². The molecule has 0 amide bonds. The summed E-state index contributed by atoms with van der Waals surface area (Å²) in [5.74, 6) is 1.07. The summed E-state index contributed by atoms with van der Waals surface area (Å²) in [4.78, 5) is 12.3. The Kier molecular flexibility index (Phi) is 3.95. The van der Waals surface area contributed by atoms with Crippen LogP contribution in [0.5, 0.6) is 0 Å². The first-order valence-electron chi connectivity index (χ1n) is 6.52. The molecule has 1 aromatic rings. The number of hydrogen-bond donors (Lipinski definition) is 1. The van der Waals surface area contributed by atoms with Crippen LogP contribution in [0.3, 0.4) is 0 Å². The fourth-order valence-electron chi connectivity index (χ4n) is 2.77. The third kappa shape index (κ3) is 2.95. The summed E-state index contributed by atoms with van der Waals surface area (Å²) in [6.45, 7) is 2.23. The Bertz CT molecular complexity index is 374. The van der Waals surface area contributed by atoms with E-state index in [2.05, 4.69) is 6.92 Å². The molecule has 0 heterocycles. The highest BCUT2D eigenvalue weighted by Crippen LogP contribution is 2.31. The molecular weight excluding hydrogens is 210 g/mol. The highest BCUT2D eigenvalue weighted by molar-refractivity contribution is 5.87. The van der Waals surface area contributed by atoms with Crippen molar-refractivity contribution in [3.63, 3.8) is 0 Å². The van der Waals surface area contributed by atoms with Crippen LogP contribution >= 0.6 is 0 Å². The molecule has 0 saturated heterocycles. The molecular formula is C15H21NO. The molecule has 1 aromatic carbocycles. The first kappa shape index (κ1) is 12.3. The van der Waals surface area contributed by atoms with Crippen LogP contribution in [-0.2, 0) is 4.79 Å². The second-order valence-electron chi connectivity index (χ2n) is 5.26. The summed E-state index contributed by atoms with van der Waals surface area (Å²) in [7, 11) is 0. The van der Waals surface area contributed by atoms with Crippen LogP contribution in [0.1, 0.15) is 44.2 Å². The average molecular weight is 231 g/mol. The van der Waals surface area contributed by atoms with Gasteiger partial charge in [-0.25, -0.2) is 0 Å². The van der Waals surface area contributed by atoms with Crippen LogP contribution in [-0.4, -0.2) is 5.78 Å². The summed E-state index contributed by atoms with van der Waals surface area (Å²) < 4.78 is 0. The Hall–Kier alpha value is -1.15. The zero-order valence-corrected chi connectivity index (χ0v) is 10.4. The van der Waals surface area contributed by atoms with E-state index in [4.69, 9.17) is 5.73 Å². The summed E-state index contributed by atoms with van der Waals surface area (Å²) in [5, 5.41) is 0. The quantitative estimate of drug-likeness (QED) is 0.868. The predicted molar refractivity (Wildman–Crippen MR) is 69.5 cm³/mol. The molecule has 0 aliphatic heterocycles. The minimum absolute atomic E-state index is 0.175. The van der Waals surface area contributed by atoms with Crippen molar-refractivity contribution in [2.45, 2.75) is 38.6 Å². The third-order valence-electron chi connectivity index (χ3n) is 3.80. The number of rotatable bonds is 3. The van der Waals surface area contributed by atoms with Crippen LogP contribution < -0.4 is 5.73 Å². The van der Waals surface area contributed by atoms with Crippen LogP contribution in [0.4, 0.5) is 0 Å². The second kappa shape index (κ2) is 5.46. The molecule has 2 N–H and O–H groups in total. The largest absolute Gasteiger partial charge is 0.318 e. The van der Waals surface area contributed by atoms with Gasteiger partial charge < -0.3 is 5.73 Å². The molecule has 17 heavy (non-hydrogen) atoms. The van der Waals surface area contributed by atoms with Gasteiger partial charge in [0.1, 0.15) is 0 Å². The lowest BCUT2D eigenvalue weighted by Crippen LogP contribution is -2.31. The first-order chi connectivity index (χ1) is 8.18. The minimum Gasteiger partial charge on any atom is -0.318 e. The predicted octanol–water partition coefficient (Wildman–Crippen LogP) is 3.08. The number of nitrogens with two attached hydrogens (primary N) is 1. The van der Waals surface area contributed by atoms with E-state index in [1.807, 2.05) is 30.3 Å². The van der Waals surface area contributed by atoms with Crippen molar-refractivity contribution in [1.82, 2.24) is 0 Å². The molecule has 0 radical (unpaired) electrons. The molecule has 1 aliphatic carbocycles. The van der Waals surface area contributed by atoms with Crippen LogP contribution in [0.15, 0.2) is 30.3 Å². The molecule has 1 fully saturated rings. The van der Waals surface area contributed by atoms with Crippen molar-refractivity contribution in [3.8, 4) is 0 Å². The third-order valence-corrected chi connectivity index (χ3v) is 3.80. The molecule has 2 rings (SSSR count). The van der Waals surface area contributed by atoms with E-state index in [9.17, 15) is 4.79 Å². The van der Waals surface area contributed by atoms with Gasteiger partial charge in [0.15, 0.2) is 5.78 Å². The van der Waals surface area contributed by atoms with E-state index in [0.717, 1.165) is 18.4 Å². The lowest BCUT2D eigenvalue weighted by Gasteiger charge is -2.27. The number of ketones is 1. The van der Waals surface area contributed by atoms with Crippen molar-refractivity contribution in [2.75, 3.05) is 0 Å². The van der Waals surface area contributed by atoms with Gasteiger partial charge in [-0.1, -0.05) is 50.1 Å². The van der Waals surface area contributed by atoms with Gasteiger partial charge in [0.25, 0.3) is 0 Å². The van der Waals surface area contributed by atoms with Gasteiger partial charge >= 0.3 is 0 Å². The van der Waals surface area contributed by atoms with Crippen molar-refractivity contribution in [3.05, 3.63) is 35.9 Å². The molecule has 2 nitrogen and oxygen atoms in total. The number of carbonyl (C=O) groups is 1. The van der Waals surface area contributed by atoms with E-state index < -0.39 is 6.04 Å². The zero-order chi connectivity index (χ0) is 12.3. The average Bonchev–Trinajstić information content (AvgIpc) is 2.38. The molecule has 0 bridgehead atoms. The summed E-state index contributed by atoms with van der Waals surface area (Å²) in [5.41, 5.74) is 7.01. The number of hydrogen-bond acceptors (Lipinski definition) is 2. The standard InChI is InChI=1S/C15H21NO/c1-11-6-5-9-13(10-11)15(17)14(16)12-7-3-2-4-8-12/h2-4,7-8,11,13-14H,5-6,9-10,16H2,1H3/t11?,13?,14-/m1/s1. The van der Waals surface area contributed by atoms with E-state index in [0.29, 0.717) is 5.92 Å². The zero-order valence-electron chi connectivity index (χ0n) is 10.4. The Morgan fingerprint density at radius 2 is 2.00 bits per heavy atom. The lowest BCUT2D eigenvalue weighted by atomic mass is 9.78. The van der Waals surface area contributed by atoms with E-state index >= 15 is 0 Å². The van der Waals surface area contributed by atoms with Crippen LogP contribution in [0.2, 0.25) is 0 Å². The summed E-state index contributed by atoms with van der Waals surface area (Å²) in [6.07, 6.45) is 4.45. The van der Waals surface area contributed by atoms with Crippen molar-refractivity contribution in [1.29, 1.82) is 0 Å². The van der Waals surface area contributed by atoms with Crippen LogP contribution in [0.25, 0.3) is 0 Å². The smallest absolute Gasteiger partial charge is 0.157 e. The highest BCUT2D eigenvalue weighted by Gasteiger charge is 2.29. The summed E-state index contributed by atoms with van der Waals surface area (Å²) >= 11 is 0. The molecule has 0 spiro atoms. The van der Waals surface area contributed by atoms with Crippen molar-refractivity contribution >= 4 is 5.78 Å². The topological polar surface area (TPSA) is 43.1 Å². The monoisotopic (exact) mass is 231 g/mol. The van der Waals surface area contributed by atoms with E-state index in [1.54, 1.807) is 0 Å². The summed E-state index contributed by atoms with van der Waals surface area (Å²) in [6, 6.07) is 9.26. The van der Waals surface area contributed by atoms with Gasteiger partial charge in [-0.2, -0.15) is 0 Å². The van der Waals surface area contributed by atoms with Crippen molar-refractivity contribution in [2.24, 2.45) is 17.6 Å². The van der Waals surface area contributed by atoms with Gasteiger partial charge in [0.2, 0.25) is 0 Å². The van der Waals surface area contributed by atoms with Crippen LogP contribution in [0, 0.1) is 11.8 Å². The molecule has 3 atom stereocenters. The number of Topliss-reactive ketones (excluding diaryl/α,β-unsaturated/α-hetero) is 1. The Morgan fingerprint density at radius 3 is 2.65 bits per heavy atom. The molecule has 1 saturated carbocycles. The highest BCUT2D eigenvalue weighted by atomic mass is 16.1. The maximum Gasteiger partial charge on any atom is 0.157 e. The van der Waals surface area contributed by atoms with Crippen molar-refractivity contribution < 1.29 is 4.79 Å².